The quantitative estimate of drug-likeness (QED) is 0.860. The summed E-state index contributed by atoms with van der Waals surface area (Å²) < 4.78 is 26.2. The van der Waals surface area contributed by atoms with E-state index in [9.17, 15) is 13.2 Å². The van der Waals surface area contributed by atoms with Crippen LogP contribution in [-0.2, 0) is 14.8 Å². The first-order valence-corrected chi connectivity index (χ1v) is 7.72. The molecule has 1 aromatic carbocycles. The highest BCUT2D eigenvalue weighted by atomic mass is 32.2. The third kappa shape index (κ3) is 2.60. The fourth-order valence-electron chi connectivity index (χ4n) is 2.17. The first-order valence-electron chi connectivity index (χ1n) is 5.83. The van der Waals surface area contributed by atoms with Crippen LogP contribution in [0.1, 0.15) is 19.3 Å². The molecule has 1 saturated heterocycles. The molecule has 1 aromatic rings. The number of hydrogen-bond donors (Lipinski definition) is 1. The van der Waals surface area contributed by atoms with E-state index in [0.717, 1.165) is 12.8 Å². The van der Waals surface area contributed by atoms with E-state index >= 15 is 0 Å². The van der Waals surface area contributed by atoms with Gasteiger partial charge in [0.15, 0.2) is 0 Å². The maximum absolute atomic E-state index is 12.4. The number of rotatable bonds is 3. The Kier molecular flexibility index (Phi) is 4.09. The fraction of sp³-hybridized carbons (Fsp3) is 0.417. The maximum atomic E-state index is 12.4. The summed E-state index contributed by atoms with van der Waals surface area (Å²) in [5.74, 6) is 0. The fourth-order valence-corrected chi connectivity index (χ4v) is 4.19. The second-order valence-corrected chi connectivity index (χ2v) is 6.61. The zero-order chi connectivity index (χ0) is 13.2. The van der Waals surface area contributed by atoms with E-state index in [-0.39, 0.29) is 10.0 Å². The normalized spacial score (nSPS) is 21.7. The molecule has 1 fully saturated rings. The minimum Gasteiger partial charge on any atom is -0.286 e. The van der Waals surface area contributed by atoms with Crippen LogP contribution >= 0.6 is 12.6 Å². The van der Waals surface area contributed by atoms with Crippen molar-refractivity contribution in [1.82, 2.24) is 4.31 Å². The number of nitrogens with zero attached hydrogens (tertiary/aromatic N) is 1. The Morgan fingerprint density at radius 3 is 2.50 bits per heavy atom. The maximum Gasteiger partial charge on any atom is 0.243 e. The second-order valence-electron chi connectivity index (χ2n) is 4.28. The largest absolute Gasteiger partial charge is 0.286 e. The number of sulfonamides is 1. The monoisotopic (exact) mass is 285 g/mol. The molecule has 1 unspecified atom stereocenters. The van der Waals surface area contributed by atoms with Crippen molar-refractivity contribution in [1.29, 1.82) is 0 Å². The van der Waals surface area contributed by atoms with Gasteiger partial charge < -0.3 is 0 Å². The summed E-state index contributed by atoms with van der Waals surface area (Å²) in [5.41, 5.74) is 0. The standard InChI is InChI=1S/C12H15NO3S2/c14-12(17)11-8-4-5-9-13(11)18(15,16)10-6-2-1-3-7-10/h1-3,6-7,11H,4-5,8-9H2,(H,14,17). The first-order chi connectivity index (χ1) is 8.53. The number of carbonyl (C=O) groups is 1. The molecule has 18 heavy (non-hydrogen) atoms. The molecule has 0 saturated carbocycles. The highest BCUT2D eigenvalue weighted by Gasteiger charge is 2.36. The Morgan fingerprint density at radius 2 is 1.89 bits per heavy atom. The predicted octanol–water partition coefficient (Wildman–Crippen LogP) is 1.69. The van der Waals surface area contributed by atoms with Gasteiger partial charge in [0.1, 0.15) is 0 Å². The lowest BCUT2D eigenvalue weighted by Gasteiger charge is -2.32. The summed E-state index contributed by atoms with van der Waals surface area (Å²) in [6.45, 7) is 0.383. The summed E-state index contributed by atoms with van der Waals surface area (Å²) >= 11 is 3.80. The van der Waals surface area contributed by atoms with Gasteiger partial charge in [-0.2, -0.15) is 4.31 Å². The van der Waals surface area contributed by atoms with Crippen LogP contribution in [0.15, 0.2) is 35.2 Å². The summed E-state index contributed by atoms with van der Waals surface area (Å²) in [6, 6.07) is 7.57. The summed E-state index contributed by atoms with van der Waals surface area (Å²) in [4.78, 5) is 11.7. The molecule has 0 aliphatic carbocycles. The molecule has 0 bridgehead atoms. The lowest BCUT2D eigenvalue weighted by atomic mass is 10.1. The van der Waals surface area contributed by atoms with Gasteiger partial charge >= 0.3 is 0 Å². The van der Waals surface area contributed by atoms with Crippen molar-refractivity contribution >= 4 is 27.8 Å². The van der Waals surface area contributed by atoms with Crippen LogP contribution in [0.2, 0.25) is 0 Å². The number of thiol groups is 1. The van der Waals surface area contributed by atoms with Gasteiger partial charge in [0.05, 0.1) is 10.9 Å². The van der Waals surface area contributed by atoms with Crippen molar-refractivity contribution in [2.75, 3.05) is 6.54 Å². The van der Waals surface area contributed by atoms with Gasteiger partial charge in [0.2, 0.25) is 15.1 Å². The topological polar surface area (TPSA) is 54.5 Å². The Labute approximate surface area is 112 Å². The van der Waals surface area contributed by atoms with Gasteiger partial charge in [0.25, 0.3) is 0 Å². The molecular weight excluding hydrogens is 270 g/mol. The van der Waals surface area contributed by atoms with E-state index in [0.29, 0.717) is 13.0 Å². The van der Waals surface area contributed by atoms with Crippen LogP contribution in [-0.4, -0.2) is 30.4 Å². The molecule has 4 nitrogen and oxygen atoms in total. The molecule has 0 N–H and O–H groups in total. The van der Waals surface area contributed by atoms with Crippen molar-refractivity contribution in [2.24, 2.45) is 0 Å². The Bertz CT molecular complexity index is 528. The molecule has 98 valence electrons. The van der Waals surface area contributed by atoms with Gasteiger partial charge in [-0.1, -0.05) is 24.6 Å². The average molecular weight is 285 g/mol. The molecule has 0 aromatic heterocycles. The van der Waals surface area contributed by atoms with Crippen molar-refractivity contribution in [3.8, 4) is 0 Å². The van der Waals surface area contributed by atoms with E-state index < -0.39 is 16.1 Å². The summed E-state index contributed by atoms with van der Waals surface area (Å²) in [5, 5.41) is -0.380. The summed E-state index contributed by atoms with van der Waals surface area (Å²) in [7, 11) is -3.59. The molecule has 2 rings (SSSR count). The smallest absolute Gasteiger partial charge is 0.243 e. The zero-order valence-corrected chi connectivity index (χ0v) is 11.5. The van der Waals surface area contributed by atoms with Crippen molar-refractivity contribution in [3.05, 3.63) is 30.3 Å². The molecule has 1 aliphatic rings. The van der Waals surface area contributed by atoms with Crippen LogP contribution in [0.4, 0.5) is 0 Å². The lowest BCUT2D eigenvalue weighted by molar-refractivity contribution is -0.114. The van der Waals surface area contributed by atoms with Gasteiger partial charge in [-0.3, -0.25) is 4.79 Å². The van der Waals surface area contributed by atoms with E-state index in [2.05, 4.69) is 12.6 Å². The van der Waals surface area contributed by atoms with E-state index in [1.54, 1.807) is 30.3 Å². The van der Waals surface area contributed by atoms with Crippen LogP contribution in [0.5, 0.6) is 0 Å². The van der Waals surface area contributed by atoms with Crippen molar-refractivity contribution < 1.29 is 13.2 Å². The third-order valence-electron chi connectivity index (χ3n) is 3.09. The van der Waals surface area contributed by atoms with Crippen molar-refractivity contribution in [3.63, 3.8) is 0 Å². The SMILES string of the molecule is O=C(S)C1CCCCN1S(=O)(=O)c1ccccc1. The molecular formula is C12H15NO3S2. The number of hydrogen-bond acceptors (Lipinski definition) is 3. The van der Waals surface area contributed by atoms with Gasteiger partial charge in [-0.15, -0.1) is 12.6 Å². The lowest BCUT2D eigenvalue weighted by Crippen LogP contribution is -2.46. The predicted molar refractivity (Wildman–Crippen MR) is 72.0 cm³/mol. The van der Waals surface area contributed by atoms with Gasteiger partial charge in [0, 0.05) is 6.54 Å². The van der Waals surface area contributed by atoms with Crippen LogP contribution in [0.25, 0.3) is 0 Å². The van der Waals surface area contributed by atoms with Gasteiger partial charge in [-0.25, -0.2) is 8.42 Å². The van der Waals surface area contributed by atoms with Crippen molar-refractivity contribution in [2.45, 2.75) is 30.2 Å². The van der Waals surface area contributed by atoms with E-state index in [4.69, 9.17) is 0 Å². The Balaban J connectivity index is 2.36. The summed E-state index contributed by atoms with van der Waals surface area (Å²) in [6.07, 6.45) is 2.19. The Morgan fingerprint density at radius 1 is 1.22 bits per heavy atom. The van der Waals surface area contributed by atoms with Gasteiger partial charge in [-0.05, 0) is 25.0 Å². The van der Waals surface area contributed by atoms with Crippen LogP contribution in [0.3, 0.4) is 0 Å². The highest BCUT2D eigenvalue weighted by Crippen LogP contribution is 2.26. The number of carbonyl (C=O) groups excluding carboxylic acids is 1. The molecule has 1 aliphatic heterocycles. The van der Waals surface area contributed by atoms with E-state index in [1.165, 1.54) is 4.31 Å². The zero-order valence-electron chi connectivity index (χ0n) is 9.82. The third-order valence-corrected chi connectivity index (χ3v) is 5.31. The number of piperidine rings is 1. The second kappa shape index (κ2) is 5.42. The molecule has 0 radical (unpaired) electrons. The van der Waals surface area contributed by atoms with Crippen LogP contribution < -0.4 is 0 Å². The molecule has 0 amide bonds. The number of benzene rings is 1. The minimum atomic E-state index is -3.59. The first kappa shape index (κ1) is 13.6. The molecule has 1 heterocycles. The minimum absolute atomic E-state index is 0.228. The van der Waals surface area contributed by atoms with E-state index in [1.807, 2.05) is 0 Å². The molecule has 6 heteroatoms. The van der Waals surface area contributed by atoms with Crippen LogP contribution in [0, 0.1) is 0 Å². The molecule has 1 atom stereocenters. The Hall–Kier alpha value is -0.850. The molecule has 0 spiro atoms. The average Bonchev–Trinajstić information content (AvgIpc) is 2.39. The highest BCUT2D eigenvalue weighted by molar-refractivity contribution is 7.97.